The van der Waals surface area contributed by atoms with Crippen molar-refractivity contribution in [3.63, 3.8) is 0 Å². The molecule has 1 aliphatic carbocycles. The van der Waals surface area contributed by atoms with Crippen LogP contribution in [0.25, 0.3) is 0 Å². The molecule has 0 bridgehead atoms. The third kappa shape index (κ3) is 8.54. The van der Waals surface area contributed by atoms with Gasteiger partial charge in [-0.05, 0) is 57.8 Å². The summed E-state index contributed by atoms with van der Waals surface area (Å²) in [6, 6.07) is 0. The monoisotopic (exact) mass is 468 g/mol. The minimum absolute atomic E-state index is 0.255. The first-order valence-corrected chi connectivity index (χ1v) is 12.4. The van der Waals surface area contributed by atoms with Crippen molar-refractivity contribution in [1.82, 2.24) is 0 Å². The Morgan fingerprint density at radius 2 is 1.03 bits per heavy atom. The number of hydrogen-bond donors (Lipinski definition) is 0. The van der Waals surface area contributed by atoms with E-state index >= 15 is 0 Å². The Morgan fingerprint density at radius 1 is 0.606 bits per heavy atom. The Hall–Kier alpha value is -1.71. The van der Waals surface area contributed by atoms with Crippen molar-refractivity contribution in [3.8, 4) is 0 Å². The second-order valence-electron chi connectivity index (χ2n) is 9.52. The van der Waals surface area contributed by atoms with E-state index < -0.39 is 23.7 Å². The third-order valence-electron chi connectivity index (χ3n) is 6.74. The van der Waals surface area contributed by atoms with Crippen LogP contribution in [0.2, 0.25) is 0 Å². The molecule has 3 heterocycles. The predicted molar refractivity (Wildman–Crippen MR) is 114 cm³/mol. The molecule has 0 aromatic rings. The smallest absolute Gasteiger partial charge is 0.309 e. The molecule has 4 rings (SSSR count). The molecule has 3 saturated heterocycles. The molecule has 6 atom stereocenters. The second kappa shape index (κ2) is 12.1. The van der Waals surface area contributed by atoms with Gasteiger partial charge in [-0.25, -0.2) is 0 Å². The number of hydrogen-bond acceptors (Lipinski definition) is 9. The van der Waals surface area contributed by atoms with E-state index in [1.165, 1.54) is 0 Å². The highest BCUT2D eigenvalue weighted by atomic mass is 16.6. The van der Waals surface area contributed by atoms with Gasteiger partial charge in [0.1, 0.15) is 0 Å². The quantitative estimate of drug-likeness (QED) is 0.154. The van der Waals surface area contributed by atoms with Gasteiger partial charge in [-0.15, -0.1) is 0 Å². The van der Waals surface area contributed by atoms with Crippen LogP contribution < -0.4 is 0 Å². The molecule has 33 heavy (non-hydrogen) atoms. The lowest BCUT2D eigenvalue weighted by Gasteiger charge is -2.32. The maximum absolute atomic E-state index is 12.9. The maximum Gasteiger partial charge on any atom is 0.309 e. The molecule has 4 fully saturated rings. The van der Waals surface area contributed by atoms with Crippen molar-refractivity contribution >= 4 is 17.9 Å². The van der Waals surface area contributed by atoms with E-state index in [4.69, 9.17) is 28.4 Å². The van der Waals surface area contributed by atoms with E-state index in [1.807, 2.05) is 0 Å². The summed E-state index contributed by atoms with van der Waals surface area (Å²) < 4.78 is 31.9. The van der Waals surface area contributed by atoms with Gasteiger partial charge >= 0.3 is 17.9 Å². The van der Waals surface area contributed by atoms with Crippen molar-refractivity contribution in [1.29, 1.82) is 0 Å². The molecule has 6 unspecified atom stereocenters. The van der Waals surface area contributed by atoms with Gasteiger partial charge in [-0.2, -0.15) is 0 Å². The van der Waals surface area contributed by atoms with E-state index in [9.17, 15) is 14.4 Å². The van der Waals surface area contributed by atoms with Gasteiger partial charge in [0.15, 0.2) is 0 Å². The summed E-state index contributed by atoms with van der Waals surface area (Å²) in [5.41, 5.74) is 0. The van der Waals surface area contributed by atoms with Crippen molar-refractivity contribution in [2.24, 2.45) is 17.8 Å². The summed E-state index contributed by atoms with van der Waals surface area (Å²) >= 11 is 0. The maximum atomic E-state index is 12.9. The molecule has 0 spiro atoms. The predicted octanol–water partition coefficient (Wildman–Crippen LogP) is 2.19. The zero-order valence-electron chi connectivity index (χ0n) is 19.2. The molecule has 0 N–H and O–H groups in total. The normalized spacial score (nSPS) is 32.0. The summed E-state index contributed by atoms with van der Waals surface area (Å²) in [5.74, 6) is -2.79. The van der Waals surface area contributed by atoms with Crippen molar-refractivity contribution in [2.45, 2.75) is 76.1 Å². The number of ether oxygens (including phenoxy) is 6. The number of carbonyl (C=O) groups is 3. The Bertz CT molecular complexity index is 669. The molecule has 186 valence electrons. The molecule has 1 saturated carbocycles. The van der Waals surface area contributed by atoms with Crippen molar-refractivity contribution < 1.29 is 42.8 Å². The molecule has 0 aromatic carbocycles. The van der Waals surface area contributed by atoms with Gasteiger partial charge in [0.05, 0.1) is 75.7 Å². The molecular weight excluding hydrogens is 432 g/mol. The van der Waals surface area contributed by atoms with E-state index in [2.05, 4.69) is 0 Å². The fraction of sp³-hybridized carbons (Fsp3) is 0.875. The summed E-state index contributed by atoms with van der Waals surface area (Å²) in [4.78, 5) is 38.2. The average Bonchev–Trinajstić information content (AvgIpc) is 3.67. The van der Waals surface area contributed by atoms with Gasteiger partial charge in [0.25, 0.3) is 0 Å². The highest BCUT2D eigenvalue weighted by Gasteiger charge is 2.43. The zero-order chi connectivity index (χ0) is 23.0. The summed E-state index contributed by atoms with van der Waals surface area (Å²) in [6.45, 7) is 3.30. The fourth-order valence-corrected chi connectivity index (χ4v) is 4.41. The second-order valence-corrected chi connectivity index (χ2v) is 9.52. The first kappa shape index (κ1) is 24.4. The van der Waals surface area contributed by atoms with Crippen LogP contribution in [0.4, 0.5) is 0 Å². The van der Waals surface area contributed by atoms with Crippen LogP contribution in [0, 0.1) is 17.8 Å². The number of esters is 3. The molecule has 0 aromatic heterocycles. The average molecular weight is 469 g/mol. The lowest BCUT2D eigenvalue weighted by Crippen LogP contribution is -2.40. The summed E-state index contributed by atoms with van der Waals surface area (Å²) in [7, 11) is 0. The Labute approximate surface area is 194 Å². The molecule has 4 aliphatic rings. The third-order valence-corrected chi connectivity index (χ3v) is 6.74. The molecule has 9 nitrogen and oxygen atoms in total. The minimum atomic E-state index is -0.687. The Balaban J connectivity index is 1.24. The van der Waals surface area contributed by atoms with E-state index in [0.29, 0.717) is 38.3 Å². The van der Waals surface area contributed by atoms with Crippen LogP contribution in [0.3, 0.4) is 0 Å². The van der Waals surface area contributed by atoms with E-state index in [0.717, 1.165) is 58.3 Å². The van der Waals surface area contributed by atoms with Gasteiger partial charge in [-0.3, -0.25) is 14.4 Å². The van der Waals surface area contributed by atoms with E-state index in [-0.39, 0.29) is 31.1 Å². The van der Waals surface area contributed by atoms with Crippen LogP contribution in [0.1, 0.15) is 57.8 Å². The van der Waals surface area contributed by atoms with Gasteiger partial charge in [0, 0.05) is 0 Å². The van der Waals surface area contributed by atoms with Gasteiger partial charge in [-0.1, -0.05) is 0 Å². The van der Waals surface area contributed by atoms with Crippen LogP contribution in [-0.2, 0) is 42.8 Å². The Kier molecular flexibility index (Phi) is 8.97. The van der Waals surface area contributed by atoms with Crippen molar-refractivity contribution in [2.75, 3.05) is 39.6 Å². The molecule has 0 radical (unpaired) electrons. The first-order valence-electron chi connectivity index (χ1n) is 12.4. The largest absolute Gasteiger partial charge is 0.465 e. The van der Waals surface area contributed by atoms with Crippen LogP contribution in [-0.4, -0.2) is 75.9 Å². The van der Waals surface area contributed by atoms with E-state index in [1.54, 1.807) is 0 Å². The number of epoxide rings is 3. The molecule has 0 amide bonds. The van der Waals surface area contributed by atoms with Crippen LogP contribution in [0.5, 0.6) is 0 Å². The topological polar surface area (TPSA) is 116 Å². The summed E-state index contributed by atoms with van der Waals surface area (Å²) in [5, 5.41) is 0. The summed E-state index contributed by atoms with van der Waals surface area (Å²) in [6.07, 6.45) is 6.90. The highest BCUT2D eigenvalue weighted by Crippen LogP contribution is 2.36. The lowest BCUT2D eigenvalue weighted by molar-refractivity contribution is -0.167. The van der Waals surface area contributed by atoms with Gasteiger partial charge in [0.2, 0.25) is 0 Å². The van der Waals surface area contributed by atoms with Crippen LogP contribution >= 0.6 is 0 Å². The molecular formula is C24H36O9. The van der Waals surface area contributed by atoms with Gasteiger partial charge < -0.3 is 28.4 Å². The highest BCUT2D eigenvalue weighted by molar-refractivity contribution is 5.83. The Morgan fingerprint density at radius 3 is 1.48 bits per heavy atom. The number of carbonyl (C=O) groups excluding carboxylic acids is 3. The van der Waals surface area contributed by atoms with Crippen LogP contribution in [0.15, 0.2) is 0 Å². The van der Waals surface area contributed by atoms with Crippen molar-refractivity contribution in [3.05, 3.63) is 0 Å². The SMILES string of the molecule is O=C(OCCCC1CO1)C1CCC(C(=O)OCCCC2CO2)C(C(=O)OCCCC2CO2)C1. The zero-order valence-corrected chi connectivity index (χ0v) is 19.2. The number of rotatable bonds is 15. The fourth-order valence-electron chi connectivity index (χ4n) is 4.41. The molecule has 9 heteroatoms. The standard InChI is InChI=1S/C24H36O9/c25-22(28-9-1-4-17-13-31-17)16-7-8-20(23(26)29-10-2-5-18-14-32-18)21(12-16)24(27)30-11-3-6-19-15-33-19/h16-21H,1-15H2. The molecule has 3 aliphatic heterocycles. The lowest BCUT2D eigenvalue weighted by atomic mass is 9.74. The minimum Gasteiger partial charge on any atom is -0.465 e. The first-order chi connectivity index (χ1) is 16.1.